The Bertz CT molecular complexity index is 3780. The fourth-order valence-corrected chi connectivity index (χ4v) is 10.5. The molecule has 0 radical (unpaired) electrons. The first-order chi connectivity index (χ1) is 36.4. The van der Waals surface area contributed by atoms with Crippen LogP contribution in [0.2, 0.25) is 0 Å². The minimum Gasteiger partial charge on any atom is -0.392 e. The molecule has 6 aromatic carbocycles. The summed E-state index contributed by atoms with van der Waals surface area (Å²) in [5, 5.41) is 0. The van der Waals surface area contributed by atoms with Crippen LogP contribution in [0, 0.1) is 5.92 Å². The Morgan fingerprint density at radius 2 is 1.42 bits per heavy atom. The lowest BCUT2D eigenvalue weighted by Gasteiger charge is -2.34. The standard InChI is InChI=1S/C61H63N3O/c1-36(2)29-43-30-46(25-26-47(43)40-17-14-13-15-18-40)63-53-20-16-19-48-50-34-45(60(10,11)12)35-51-54-33-41(39-21-23-44(24-22-39)59(7,8)9)27-28-62(54)61(55(50)51)64(56(48)53)58(63)52-32-42(37(3)4)31-49(38(5)6)57(52)65-61/h13-28,30-38H,29H2,1-12H3/q+2/i7D3,8D3,9D3,21D,22D,23D,24D. The lowest BCUT2D eigenvalue weighted by molar-refractivity contribution is -0.997. The highest BCUT2D eigenvalue weighted by Gasteiger charge is 2.69. The summed E-state index contributed by atoms with van der Waals surface area (Å²) in [5.74, 6) is 0.778. The van der Waals surface area contributed by atoms with Crippen LogP contribution in [-0.2, 0) is 23.1 Å². The number of nitrogens with zero attached hydrogens (tertiary/aromatic N) is 3. The topological polar surface area (TPSA) is 21.9 Å². The van der Waals surface area contributed by atoms with Crippen molar-refractivity contribution in [1.29, 1.82) is 0 Å². The molecule has 5 heterocycles. The van der Waals surface area contributed by atoms with E-state index < -0.39 is 61.6 Å². The van der Waals surface area contributed by atoms with Crippen molar-refractivity contribution in [2.45, 2.75) is 118 Å². The van der Waals surface area contributed by atoms with E-state index >= 15 is 0 Å². The van der Waals surface area contributed by atoms with Crippen LogP contribution in [0.15, 0.2) is 133 Å². The van der Waals surface area contributed by atoms with Crippen LogP contribution in [0.1, 0.15) is 146 Å². The quantitative estimate of drug-likeness (QED) is 0.146. The maximum absolute atomic E-state index is 9.47. The van der Waals surface area contributed by atoms with Crippen molar-refractivity contribution in [3.05, 3.63) is 167 Å². The van der Waals surface area contributed by atoms with E-state index in [1.54, 1.807) is 12.1 Å². The lowest BCUT2D eigenvalue weighted by Crippen LogP contribution is -2.78. The Morgan fingerprint density at radius 1 is 0.662 bits per heavy atom. The van der Waals surface area contributed by atoms with Gasteiger partial charge in [0.05, 0.1) is 11.0 Å². The lowest BCUT2D eigenvalue weighted by atomic mass is 9.80. The van der Waals surface area contributed by atoms with Gasteiger partial charge in [0.15, 0.2) is 23.0 Å². The third-order valence-electron chi connectivity index (χ3n) is 13.6. The Morgan fingerprint density at radius 3 is 2.11 bits per heavy atom. The van der Waals surface area contributed by atoms with Gasteiger partial charge in [0, 0.05) is 35.6 Å². The molecule has 65 heavy (non-hydrogen) atoms. The molecular formula is C61H63N3O+2. The second-order valence-corrected chi connectivity index (χ2v) is 20.3. The number of imidazole rings is 1. The monoisotopic (exact) mass is 867 g/mol. The summed E-state index contributed by atoms with van der Waals surface area (Å²) in [5.41, 5.74) is 9.43. The Kier molecular flexibility index (Phi) is 6.48. The largest absolute Gasteiger partial charge is 0.499 e. The predicted molar refractivity (Wildman–Crippen MR) is 268 cm³/mol. The zero-order valence-electron chi connectivity index (χ0n) is 51.6. The van der Waals surface area contributed by atoms with Gasteiger partial charge in [0.1, 0.15) is 16.8 Å². The maximum Gasteiger partial charge on any atom is 0.499 e. The molecule has 0 N–H and O–H groups in total. The third-order valence-corrected chi connectivity index (χ3v) is 13.6. The van der Waals surface area contributed by atoms with Gasteiger partial charge in [-0.25, -0.2) is 0 Å². The van der Waals surface area contributed by atoms with Crippen LogP contribution in [0.5, 0.6) is 5.75 Å². The van der Waals surface area contributed by atoms with Crippen molar-refractivity contribution in [3.8, 4) is 67.5 Å². The molecule has 3 aliphatic heterocycles. The maximum atomic E-state index is 9.47. The smallest absolute Gasteiger partial charge is 0.392 e. The number of benzene rings is 6. The van der Waals surface area contributed by atoms with Crippen LogP contribution >= 0.6 is 0 Å². The molecule has 326 valence electrons. The molecule has 1 spiro atoms. The number of pyridine rings is 1. The molecule has 1 atom stereocenters. The molecule has 4 heteroatoms. The Labute approximate surface area is 404 Å². The molecule has 0 fully saturated rings. The molecule has 2 aromatic heterocycles. The molecular weight excluding hydrogens is 791 g/mol. The third kappa shape index (κ3) is 6.15. The van der Waals surface area contributed by atoms with E-state index in [1.165, 1.54) is 11.1 Å². The van der Waals surface area contributed by atoms with Crippen LogP contribution in [0.4, 0.5) is 0 Å². The van der Waals surface area contributed by atoms with Gasteiger partial charge < -0.3 is 4.74 Å². The van der Waals surface area contributed by atoms with Gasteiger partial charge in [-0.05, 0) is 134 Å². The van der Waals surface area contributed by atoms with Crippen molar-refractivity contribution in [2.75, 3.05) is 0 Å². The Balaban J connectivity index is 1.27. The molecule has 8 aromatic rings. The second-order valence-electron chi connectivity index (χ2n) is 20.3. The zero-order valence-corrected chi connectivity index (χ0v) is 38.6. The number of hydrogen-bond acceptors (Lipinski definition) is 1. The molecule has 0 aliphatic carbocycles. The number of fused-ring (bicyclic) bond motifs is 5. The number of hydrogen-bond donors (Lipinski definition) is 0. The first-order valence-electron chi connectivity index (χ1n) is 29.4. The SMILES string of the molecule is [2H]c1c([2H])c(C(C([2H])([2H])[2H])(C([2H])([2H])[2H])C([2H])([2H])[2H])c([2H])c([2H])c1-c1cc[n+]2c(c1)-c1cc(C(C)(C)C)cc3c1C21Oc2c(cc(C(C)C)cc2C(C)C)-c2n(-c4ccc(-c5ccccc5)c(CC(C)C)c4)c4cccc-3c4[n+]21. The van der Waals surface area contributed by atoms with E-state index in [4.69, 9.17) is 17.1 Å². The van der Waals surface area contributed by atoms with E-state index in [0.29, 0.717) is 11.6 Å². The van der Waals surface area contributed by atoms with E-state index in [-0.39, 0.29) is 28.4 Å². The minimum atomic E-state index is -3.81. The number of para-hydroxylation sites is 1. The van der Waals surface area contributed by atoms with E-state index in [2.05, 4.69) is 161 Å². The van der Waals surface area contributed by atoms with Gasteiger partial charge in [-0.2, -0.15) is 4.57 Å². The fourth-order valence-electron chi connectivity index (χ4n) is 10.5. The average Bonchev–Trinajstić information content (AvgIpc) is 2.54. The normalized spacial score (nSPS) is 19.2. The molecule has 0 bridgehead atoms. The highest BCUT2D eigenvalue weighted by Crippen LogP contribution is 2.56. The zero-order chi connectivity index (χ0) is 56.5. The van der Waals surface area contributed by atoms with Gasteiger partial charge in [-0.15, -0.1) is 9.13 Å². The van der Waals surface area contributed by atoms with Gasteiger partial charge >= 0.3 is 11.7 Å². The Hall–Kier alpha value is -6.26. The van der Waals surface area contributed by atoms with Gasteiger partial charge in [-0.3, -0.25) is 0 Å². The molecule has 11 rings (SSSR count). The van der Waals surface area contributed by atoms with Gasteiger partial charge in [0.25, 0.3) is 0 Å². The minimum absolute atomic E-state index is 0.0300. The fraction of sp³-hybridized carbons (Fsp3) is 0.311. The molecule has 1 unspecified atom stereocenters. The van der Waals surface area contributed by atoms with Crippen LogP contribution in [-0.4, -0.2) is 4.57 Å². The van der Waals surface area contributed by atoms with Crippen molar-refractivity contribution >= 4 is 11.0 Å². The molecule has 4 nitrogen and oxygen atoms in total. The summed E-state index contributed by atoms with van der Waals surface area (Å²) in [6.45, 7) is 8.28. The summed E-state index contributed by atoms with van der Waals surface area (Å²) < 4.78 is 128. The predicted octanol–water partition coefficient (Wildman–Crippen LogP) is 14.8. The summed E-state index contributed by atoms with van der Waals surface area (Å²) in [6.07, 6.45) is 2.67. The van der Waals surface area contributed by atoms with Crippen molar-refractivity contribution in [2.24, 2.45) is 5.92 Å². The summed E-state index contributed by atoms with van der Waals surface area (Å²) >= 11 is 0. The van der Waals surface area contributed by atoms with Gasteiger partial charge in [-0.1, -0.05) is 150 Å². The van der Waals surface area contributed by atoms with Crippen LogP contribution in [0.25, 0.3) is 72.7 Å². The highest BCUT2D eigenvalue weighted by molar-refractivity contribution is 5.98. The van der Waals surface area contributed by atoms with Crippen LogP contribution < -0.4 is 13.9 Å². The summed E-state index contributed by atoms with van der Waals surface area (Å²) in [6, 6.07) is 32.5. The van der Waals surface area contributed by atoms with Crippen molar-refractivity contribution < 1.29 is 31.7 Å². The number of rotatable bonds is 7. The number of ether oxygens (including phenoxy) is 1. The summed E-state index contributed by atoms with van der Waals surface area (Å²) in [4.78, 5) is 0. The average molecular weight is 867 g/mol. The summed E-state index contributed by atoms with van der Waals surface area (Å²) in [7, 11) is 0. The van der Waals surface area contributed by atoms with E-state index in [9.17, 15) is 5.48 Å². The van der Waals surface area contributed by atoms with Gasteiger partial charge in [0.2, 0.25) is 5.69 Å². The molecule has 0 saturated heterocycles. The van der Waals surface area contributed by atoms with Crippen molar-refractivity contribution in [3.63, 3.8) is 0 Å². The number of aromatic nitrogens is 3. The molecule has 0 amide bonds. The van der Waals surface area contributed by atoms with E-state index in [1.807, 2.05) is 12.3 Å². The highest BCUT2D eigenvalue weighted by atomic mass is 16.5. The van der Waals surface area contributed by atoms with Crippen LogP contribution in [0.3, 0.4) is 0 Å². The first kappa shape index (κ1) is 29.3. The van der Waals surface area contributed by atoms with Crippen molar-refractivity contribution in [1.82, 2.24) is 4.57 Å². The molecule has 0 saturated carbocycles. The first-order valence-corrected chi connectivity index (χ1v) is 22.9. The van der Waals surface area contributed by atoms with E-state index in [0.717, 1.165) is 84.8 Å². The molecule has 3 aliphatic rings. The second kappa shape index (κ2) is 14.4.